The third-order valence-corrected chi connectivity index (χ3v) is 3.66. The normalized spacial score (nSPS) is 11.4. The maximum absolute atomic E-state index is 12.3. The molecule has 126 valence electrons. The maximum Gasteiger partial charge on any atom is 0.307 e. The van der Waals surface area contributed by atoms with Crippen molar-refractivity contribution >= 4 is 11.9 Å². The number of ether oxygens (including phenoxy) is 2. The van der Waals surface area contributed by atoms with Gasteiger partial charge in [-0.1, -0.05) is 42.5 Å². The Labute approximate surface area is 141 Å². The van der Waals surface area contributed by atoms with Gasteiger partial charge < -0.3 is 14.8 Å². The lowest BCUT2D eigenvalue weighted by molar-refractivity contribution is -0.141. The molecule has 1 N–H and O–H groups in total. The first-order valence-corrected chi connectivity index (χ1v) is 7.66. The highest BCUT2D eigenvalue weighted by molar-refractivity contribution is 5.80. The highest BCUT2D eigenvalue weighted by Gasteiger charge is 2.19. The van der Waals surface area contributed by atoms with Crippen molar-refractivity contribution < 1.29 is 19.1 Å². The Kier molecular flexibility index (Phi) is 6.37. The fourth-order valence-electron chi connectivity index (χ4n) is 2.37. The fraction of sp³-hybridized carbons (Fsp3) is 0.263. The van der Waals surface area contributed by atoms with Crippen molar-refractivity contribution in [1.29, 1.82) is 0 Å². The number of rotatable bonds is 7. The van der Waals surface area contributed by atoms with Gasteiger partial charge in [0.2, 0.25) is 5.91 Å². The molecule has 0 saturated heterocycles. The van der Waals surface area contributed by atoms with Crippen molar-refractivity contribution in [3.63, 3.8) is 0 Å². The van der Waals surface area contributed by atoms with E-state index in [4.69, 9.17) is 9.47 Å². The monoisotopic (exact) mass is 327 g/mol. The van der Waals surface area contributed by atoms with Gasteiger partial charge in [-0.3, -0.25) is 9.59 Å². The summed E-state index contributed by atoms with van der Waals surface area (Å²) in [5, 5.41) is 2.90. The molecule has 0 radical (unpaired) electrons. The molecule has 0 aliphatic carbocycles. The van der Waals surface area contributed by atoms with Crippen molar-refractivity contribution in [2.75, 3.05) is 14.2 Å². The number of methoxy groups -OCH3 is 2. The number of amides is 1. The summed E-state index contributed by atoms with van der Waals surface area (Å²) in [6, 6.07) is 16.3. The van der Waals surface area contributed by atoms with Crippen LogP contribution in [0.2, 0.25) is 0 Å². The Hall–Kier alpha value is -2.82. The van der Waals surface area contributed by atoms with Gasteiger partial charge in [0, 0.05) is 0 Å². The molecule has 2 rings (SSSR count). The Balaban J connectivity index is 2.09. The van der Waals surface area contributed by atoms with Crippen LogP contribution >= 0.6 is 0 Å². The Bertz CT molecular complexity index is 668. The zero-order valence-electron chi connectivity index (χ0n) is 13.8. The van der Waals surface area contributed by atoms with Crippen molar-refractivity contribution in [3.8, 4) is 5.75 Å². The van der Waals surface area contributed by atoms with Gasteiger partial charge in [0.05, 0.1) is 33.1 Å². The zero-order valence-corrected chi connectivity index (χ0v) is 13.8. The molecular weight excluding hydrogens is 306 g/mol. The van der Waals surface area contributed by atoms with Gasteiger partial charge in [0.15, 0.2) is 0 Å². The molecule has 24 heavy (non-hydrogen) atoms. The van der Waals surface area contributed by atoms with Gasteiger partial charge >= 0.3 is 5.97 Å². The van der Waals surface area contributed by atoms with Crippen LogP contribution in [0.3, 0.4) is 0 Å². The molecule has 1 atom stereocenters. The summed E-state index contributed by atoms with van der Waals surface area (Å²) in [6.07, 6.45) is 0.331. The maximum atomic E-state index is 12.3. The van der Waals surface area contributed by atoms with E-state index in [9.17, 15) is 9.59 Å². The van der Waals surface area contributed by atoms with Crippen LogP contribution in [0, 0.1) is 0 Å². The van der Waals surface area contributed by atoms with Crippen LogP contribution < -0.4 is 10.1 Å². The first-order chi connectivity index (χ1) is 11.6. The summed E-state index contributed by atoms with van der Waals surface area (Å²) in [6.45, 7) is 0. The second kappa shape index (κ2) is 8.72. The predicted molar refractivity (Wildman–Crippen MR) is 90.7 cm³/mol. The van der Waals surface area contributed by atoms with Crippen molar-refractivity contribution in [1.82, 2.24) is 5.32 Å². The van der Waals surface area contributed by atoms with Crippen LogP contribution in [0.25, 0.3) is 0 Å². The van der Waals surface area contributed by atoms with Crippen molar-refractivity contribution in [2.45, 2.75) is 18.9 Å². The highest BCUT2D eigenvalue weighted by atomic mass is 16.5. The fourth-order valence-corrected chi connectivity index (χ4v) is 2.37. The van der Waals surface area contributed by atoms with Gasteiger partial charge in [-0.2, -0.15) is 0 Å². The van der Waals surface area contributed by atoms with Gasteiger partial charge in [0.25, 0.3) is 0 Å². The topological polar surface area (TPSA) is 64.6 Å². The Morgan fingerprint density at radius 3 is 2.25 bits per heavy atom. The molecule has 0 spiro atoms. The van der Waals surface area contributed by atoms with E-state index in [1.165, 1.54) is 7.11 Å². The van der Waals surface area contributed by atoms with Crippen molar-refractivity contribution in [2.24, 2.45) is 0 Å². The quantitative estimate of drug-likeness (QED) is 0.794. The van der Waals surface area contributed by atoms with E-state index in [0.29, 0.717) is 5.75 Å². The molecule has 0 aliphatic heterocycles. The van der Waals surface area contributed by atoms with E-state index in [-0.39, 0.29) is 24.7 Å². The van der Waals surface area contributed by atoms with E-state index < -0.39 is 6.04 Å². The first kappa shape index (κ1) is 17.5. The lowest BCUT2D eigenvalue weighted by Crippen LogP contribution is -2.31. The van der Waals surface area contributed by atoms with E-state index >= 15 is 0 Å². The SMILES string of the molecule is COC(=O)C[C@@H](NC(=O)Cc1ccccc1)c1ccc(OC)cc1. The van der Waals surface area contributed by atoms with Gasteiger partial charge in [-0.25, -0.2) is 0 Å². The minimum absolute atomic E-state index is 0.0728. The number of hydrogen-bond donors (Lipinski definition) is 1. The van der Waals surface area contributed by atoms with Crippen LogP contribution in [0.15, 0.2) is 54.6 Å². The molecule has 5 heteroatoms. The van der Waals surface area contributed by atoms with Gasteiger partial charge in [0.1, 0.15) is 5.75 Å². The number of nitrogens with one attached hydrogen (secondary N) is 1. The standard InChI is InChI=1S/C19H21NO4/c1-23-16-10-8-15(9-11-16)17(13-19(22)24-2)20-18(21)12-14-6-4-3-5-7-14/h3-11,17H,12-13H2,1-2H3,(H,20,21)/t17-/m1/s1. The van der Waals surface area contributed by atoms with Crippen LogP contribution in [-0.4, -0.2) is 26.1 Å². The third kappa shape index (κ3) is 5.12. The molecule has 0 unspecified atom stereocenters. The summed E-state index contributed by atoms with van der Waals surface area (Å²) in [5.41, 5.74) is 1.74. The second-order valence-electron chi connectivity index (χ2n) is 5.34. The molecule has 0 bridgehead atoms. The number of esters is 1. The molecule has 0 saturated carbocycles. The van der Waals surface area contributed by atoms with E-state index in [1.54, 1.807) is 19.2 Å². The summed E-state index contributed by atoms with van der Waals surface area (Å²) < 4.78 is 9.86. The second-order valence-corrected chi connectivity index (χ2v) is 5.34. The molecule has 0 aromatic heterocycles. The smallest absolute Gasteiger partial charge is 0.307 e. The number of hydrogen-bond acceptors (Lipinski definition) is 4. The van der Waals surface area contributed by atoms with Crippen molar-refractivity contribution in [3.05, 3.63) is 65.7 Å². The number of carbonyl (C=O) groups excluding carboxylic acids is 2. The minimum atomic E-state index is -0.445. The lowest BCUT2D eigenvalue weighted by atomic mass is 10.0. The number of carbonyl (C=O) groups is 2. The summed E-state index contributed by atoms with van der Waals surface area (Å²) in [4.78, 5) is 24.0. The molecule has 2 aromatic carbocycles. The largest absolute Gasteiger partial charge is 0.497 e. The molecular formula is C19H21NO4. The first-order valence-electron chi connectivity index (χ1n) is 7.66. The highest BCUT2D eigenvalue weighted by Crippen LogP contribution is 2.21. The van der Waals surface area contributed by atoms with Crippen LogP contribution in [0.5, 0.6) is 5.75 Å². The Morgan fingerprint density at radius 2 is 1.67 bits per heavy atom. The summed E-state index contributed by atoms with van der Waals surface area (Å²) in [5.74, 6) is 0.188. The molecule has 0 heterocycles. The molecule has 5 nitrogen and oxygen atoms in total. The van der Waals surface area contributed by atoms with Gasteiger partial charge in [-0.15, -0.1) is 0 Å². The molecule has 1 amide bonds. The average Bonchev–Trinajstić information content (AvgIpc) is 2.62. The summed E-state index contributed by atoms with van der Waals surface area (Å²) >= 11 is 0. The minimum Gasteiger partial charge on any atom is -0.497 e. The zero-order chi connectivity index (χ0) is 17.4. The van der Waals surface area contributed by atoms with E-state index in [2.05, 4.69) is 5.32 Å². The van der Waals surface area contributed by atoms with E-state index in [1.807, 2.05) is 42.5 Å². The predicted octanol–water partition coefficient (Wildman–Crippen LogP) is 2.66. The summed E-state index contributed by atoms with van der Waals surface area (Å²) in [7, 11) is 2.92. The molecule has 0 fully saturated rings. The number of benzene rings is 2. The lowest BCUT2D eigenvalue weighted by Gasteiger charge is -2.18. The molecule has 0 aliphatic rings. The van der Waals surface area contributed by atoms with Crippen LogP contribution in [0.1, 0.15) is 23.6 Å². The Morgan fingerprint density at radius 1 is 1.00 bits per heavy atom. The van der Waals surface area contributed by atoms with E-state index in [0.717, 1.165) is 11.1 Å². The van der Waals surface area contributed by atoms with Crippen LogP contribution in [-0.2, 0) is 20.7 Å². The molecule has 2 aromatic rings. The van der Waals surface area contributed by atoms with Crippen LogP contribution in [0.4, 0.5) is 0 Å². The third-order valence-electron chi connectivity index (χ3n) is 3.66. The average molecular weight is 327 g/mol. The van der Waals surface area contributed by atoms with Gasteiger partial charge in [-0.05, 0) is 23.3 Å².